The number of nitriles is 1. The molecule has 0 bridgehead atoms. The molecule has 3 heterocycles. The molecule has 4 fully saturated rings. The minimum Gasteiger partial charge on any atom is -0.324 e. The highest BCUT2D eigenvalue weighted by molar-refractivity contribution is 7.89. The zero-order chi connectivity index (χ0) is 28.7. The van der Waals surface area contributed by atoms with Crippen LogP contribution in [0.2, 0.25) is 0 Å². The van der Waals surface area contributed by atoms with Crippen molar-refractivity contribution in [1.29, 1.82) is 5.26 Å². The molecule has 0 radical (unpaired) electrons. The second-order valence-electron chi connectivity index (χ2n) is 12.2. The molecule has 1 saturated carbocycles. The predicted molar refractivity (Wildman–Crippen MR) is 148 cm³/mol. The van der Waals surface area contributed by atoms with Crippen LogP contribution in [0, 0.1) is 35.5 Å². The highest BCUT2D eigenvalue weighted by atomic mass is 32.2. The van der Waals surface area contributed by atoms with Gasteiger partial charge in [0.15, 0.2) is 0 Å². The molecule has 3 atom stereocenters. The first kappa shape index (κ1) is 28.8. The Morgan fingerprint density at radius 3 is 2.23 bits per heavy atom. The van der Waals surface area contributed by atoms with Gasteiger partial charge in [0.25, 0.3) is 5.91 Å². The largest absolute Gasteiger partial charge is 0.324 e. The van der Waals surface area contributed by atoms with Crippen molar-refractivity contribution in [2.45, 2.75) is 38.5 Å². The van der Waals surface area contributed by atoms with Crippen molar-refractivity contribution in [2.75, 3.05) is 65.2 Å². The van der Waals surface area contributed by atoms with E-state index in [0.29, 0.717) is 70.5 Å². The summed E-state index contributed by atoms with van der Waals surface area (Å²) in [4.78, 5) is 32.0. The maximum Gasteiger partial charge on any atom is 0.320 e. The summed E-state index contributed by atoms with van der Waals surface area (Å²) in [5.41, 5.74) is 3.34. The number of nitrogens with zero attached hydrogens (tertiary/aromatic N) is 5. The molecule has 0 spiro atoms. The third-order valence-corrected chi connectivity index (χ3v) is 11.7. The Bertz CT molecular complexity index is 1270. The van der Waals surface area contributed by atoms with E-state index in [-0.39, 0.29) is 29.5 Å². The Hall–Kier alpha value is -2.72. The van der Waals surface area contributed by atoms with Crippen molar-refractivity contribution < 1.29 is 23.2 Å². The Kier molecular flexibility index (Phi) is 8.12. The van der Waals surface area contributed by atoms with Gasteiger partial charge in [-0.25, -0.2) is 23.0 Å². The Balaban J connectivity index is 1.22. The normalized spacial score (nSPS) is 28.4. The molecule has 1 aromatic rings. The van der Waals surface area contributed by atoms with E-state index in [1.807, 2.05) is 35.9 Å². The van der Waals surface area contributed by atoms with E-state index in [1.54, 1.807) is 11.5 Å². The minimum absolute atomic E-state index is 0.0210. The van der Waals surface area contributed by atoms with Gasteiger partial charge in [-0.05, 0) is 80.7 Å². The molecule has 40 heavy (non-hydrogen) atoms. The number of hydrogen-bond donors (Lipinski definition) is 2. The number of fused-ring (bicyclic) bond motifs is 1. The van der Waals surface area contributed by atoms with Crippen molar-refractivity contribution >= 4 is 22.0 Å². The van der Waals surface area contributed by atoms with E-state index in [2.05, 4.69) is 11.0 Å². The zero-order valence-corrected chi connectivity index (χ0v) is 24.2. The number of amides is 3. The molecule has 2 N–H and O–H groups in total. The average Bonchev–Trinajstić information content (AvgIpc) is 3.49. The molecular weight excluding hydrogens is 532 g/mol. The summed E-state index contributed by atoms with van der Waals surface area (Å²) in [5, 5.41) is 18.7. The number of hydrogen-bond acceptors (Lipinski definition) is 7. The smallest absolute Gasteiger partial charge is 0.320 e. The molecule has 3 aliphatic heterocycles. The highest BCUT2D eigenvalue weighted by Crippen LogP contribution is 2.50. The van der Waals surface area contributed by atoms with E-state index in [1.165, 1.54) is 4.31 Å². The second kappa shape index (κ2) is 11.3. The number of piperidine rings is 1. The van der Waals surface area contributed by atoms with Crippen LogP contribution in [0.25, 0.3) is 0 Å². The number of nitrogens with one attached hydrogen (secondary N) is 1. The van der Waals surface area contributed by atoms with Crippen molar-refractivity contribution in [2.24, 2.45) is 17.3 Å². The average molecular weight is 573 g/mol. The van der Waals surface area contributed by atoms with Crippen LogP contribution in [0.15, 0.2) is 18.2 Å². The molecule has 5 rings (SSSR count). The van der Waals surface area contributed by atoms with E-state index >= 15 is 0 Å². The van der Waals surface area contributed by atoms with E-state index < -0.39 is 21.3 Å². The third kappa shape index (κ3) is 5.57. The SMILES string of the molecule is Cc1cc(C#N)ccc1C1CCN(S(=O)(=O)CC2(C(=O)NO)C[C@H]3CN(C(=O)N4CCN(C)CC4)C[C@H]3C2)CC1. The molecule has 11 nitrogen and oxygen atoms in total. The van der Waals surface area contributed by atoms with Crippen molar-refractivity contribution in [3.05, 3.63) is 34.9 Å². The van der Waals surface area contributed by atoms with Crippen molar-refractivity contribution in [1.82, 2.24) is 24.5 Å². The number of benzene rings is 1. The summed E-state index contributed by atoms with van der Waals surface area (Å²) in [6.45, 7) is 6.79. The number of piperazine rings is 1. The molecule has 3 saturated heterocycles. The number of sulfonamides is 1. The first-order chi connectivity index (χ1) is 19.0. The number of aryl methyl sites for hydroxylation is 1. The van der Waals surface area contributed by atoms with Gasteiger partial charge >= 0.3 is 6.03 Å². The van der Waals surface area contributed by atoms with Crippen LogP contribution in [0.1, 0.15) is 48.3 Å². The molecule has 218 valence electrons. The predicted octanol–water partition coefficient (Wildman–Crippen LogP) is 1.58. The number of rotatable bonds is 5. The van der Waals surface area contributed by atoms with Crippen LogP contribution in [0.5, 0.6) is 0 Å². The van der Waals surface area contributed by atoms with Gasteiger partial charge in [-0.15, -0.1) is 0 Å². The van der Waals surface area contributed by atoms with Gasteiger partial charge in [-0.1, -0.05) is 6.07 Å². The summed E-state index contributed by atoms with van der Waals surface area (Å²) in [7, 11) is -1.72. The van der Waals surface area contributed by atoms with Crippen LogP contribution in [0.4, 0.5) is 4.79 Å². The zero-order valence-electron chi connectivity index (χ0n) is 23.4. The summed E-state index contributed by atoms with van der Waals surface area (Å²) in [6, 6.07) is 7.82. The first-order valence-corrected chi connectivity index (χ1v) is 15.8. The second-order valence-corrected chi connectivity index (χ2v) is 14.2. The maximum absolute atomic E-state index is 13.6. The monoisotopic (exact) mass is 572 g/mol. The Morgan fingerprint density at radius 1 is 1.05 bits per heavy atom. The molecule has 1 aromatic carbocycles. The summed E-state index contributed by atoms with van der Waals surface area (Å²) < 4.78 is 28.8. The van der Waals surface area contributed by atoms with Gasteiger partial charge in [0, 0.05) is 52.4 Å². The maximum atomic E-state index is 13.6. The quantitative estimate of drug-likeness (QED) is 0.404. The summed E-state index contributed by atoms with van der Waals surface area (Å²) in [5.74, 6) is -0.733. The molecule has 3 amide bonds. The minimum atomic E-state index is -3.76. The van der Waals surface area contributed by atoms with Gasteiger partial charge in [0.05, 0.1) is 22.8 Å². The topological polar surface area (TPSA) is 137 Å². The number of hydroxylamine groups is 1. The fourth-order valence-corrected chi connectivity index (χ4v) is 9.43. The third-order valence-electron chi connectivity index (χ3n) is 9.65. The molecule has 12 heteroatoms. The lowest BCUT2D eigenvalue weighted by atomic mass is 9.86. The number of carbonyl (C=O) groups excluding carboxylic acids is 2. The number of urea groups is 1. The first-order valence-electron chi connectivity index (χ1n) is 14.2. The lowest BCUT2D eigenvalue weighted by Crippen LogP contribution is -2.52. The Morgan fingerprint density at radius 2 is 1.68 bits per heavy atom. The lowest BCUT2D eigenvalue weighted by Gasteiger charge is -2.36. The van der Waals surface area contributed by atoms with Crippen molar-refractivity contribution in [3.63, 3.8) is 0 Å². The molecule has 0 aromatic heterocycles. The summed E-state index contributed by atoms with van der Waals surface area (Å²) >= 11 is 0. The molecule has 1 unspecified atom stereocenters. The molecular formula is C28H40N6O5S. The van der Waals surface area contributed by atoms with Gasteiger partial charge in [0.2, 0.25) is 10.0 Å². The van der Waals surface area contributed by atoms with E-state index in [4.69, 9.17) is 5.26 Å². The van der Waals surface area contributed by atoms with E-state index in [0.717, 1.165) is 24.2 Å². The van der Waals surface area contributed by atoms with Crippen LogP contribution < -0.4 is 5.48 Å². The van der Waals surface area contributed by atoms with Gasteiger partial charge in [-0.2, -0.15) is 5.26 Å². The van der Waals surface area contributed by atoms with Crippen LogP contribution in [-0.4, -0.2) is 110 Å². The number of likely N-dealkylation sites (tertiary alicyclic amines) is 1. The van der Waals surface area contributed by atoms with Crippen molar-refractivity contribution in [3.8, 4) is 6.07 Å². The fraction of sp³-hybridized carbons (Fsp3) is 0.679. The number of likely N-dealkylation sites (N-methyl/N-ethyl adjacent to an activating group) is 1. The lowest BCUT2D eigenvalue weighted by molar-refractivity contribution is -0.138. The van der Waals surface area contributed by atoms with E-state index in [9.17, 15) is 23.2 Å². The van der Waals surface area contributed by atoms with Gasteiger partial charge in [0.1, 0.15) is 0 Å². The molecule has 1 aliphatic carbocycles. The highest BCUT2D eigenvalue weighted by Gasteiger charge is 2.56. The fourth-order valence-electron chi connectivity index (χ4n) is 7.42. The van der Waals surface area contributed by atoms with Crippen LogP contribution >= 0.6 is 0 Å². The van der Waals surface area contributed by atoms with Gasteiger partial charge < -0.3 is 14.7 Å². The summed E-state index contributed by atoms with van der Waals surface area (Å²) in [6.07, 6.45) is 1.99. The number of carbonyl (C=O) groups is 2. The standard InChI is InChI=1S/C28H40N6O5S/c1-20-13-21(16-29)3-4-25(20)22-5-7-34(8-6-22)40(38,39)19-28(26(35)30-37)14-23-17-33(18-24(23)15-28)27(36)32-11-9-31(2)10-12-32/h3-4,13,22-24,37H,5-12,14-15,17-19H2,1-2H3,(H,30,35)/t23-,24+,28?. The van der Waals surface area contributed by atoms with Gasteiger partial charge in [-0.3, -0.25) is 10.0 Å². The van der Waals surface area contributed by atoms with Crippen LogP contribution in [0.3, 0.4) is 0 Å². The van der Waals surface area contributed by atoms with Crippen LogP contribution in [-0.2, 0) is 14.8 Å². The Labute approximate surface area is 236 Å². The molecule has 4 aliphatic rings.